The van der Waals surface area contributed by atoms with E-state index in [4.69, 9.17) is 4.99 Å². The van der Waals surface area contributed by atoms with Crippen LogP contribution in [0.5, 0.6) is 0 Å². The molecule has 0 aliphatic rings. The summed E-state index contributed by atoms with van der Waals surface area (Å²) in [6.45, 7) is 5.12. The molecule has 0 aliphatic heterocycles. The number of fused-ring (bicyclic) bond motifs is 1. The molecule has 0 fully saturated rings. The predicted molar refractivity (Wildman–Crippen MR) is 124 cm³/mol. The Morgan fingerprint density at radius 2 is 1.69 bits per heavy atom. The fraction of sp³-hybridized carbons (Fsp3) is 0.222. The summed E-state index contributed by atoms with van der Waals surface area (Å²) >= 11 is 0. The minimum absolute atomic E-state index is 0.804. The number of benzene rings is 3. The highest BCUT2D eigenvalue weighted by Gasteiger charge is 2.05. The molecule has 0 bridgehead atoms. The Morgan fingerprint density at radius 3 is 2.52 bits per heavy atom. The van der Waals surface area contributed by atoms with Crippen LogP contribution >= 0.6 is 0 Å². The average molecular weight is 381 g/mol. The molecule has 0 atom stereocenters. The third-order valence-corrected chi connectivity index (χ3v) is 5.57. The summed E-state index contributed by atoms with van der Waals surface area (Å²) in [4.78, 5) is 8.26. The van der Waals surface area contributed by atoms with Crippen molar-refractivity contribution in [2.45, 2.75) is 33.1 Å². The zero-order valence-corrected chi connectivity index (χ0v) is 17.3. The topological polar surface area (TPSA) is 28.1 Å². The lowest BCUT2D eigenvalue weighted by Crippen LogP contribution is -2.00. The van der Waals surface area contributed by atoms with Crippen LogP contribution < -0.4 is 0 Å². The first kappa shape index (κ1) is 19.2. The zero-order chi connectivity index (χ0) is 20.1. The average Bonchev–Trinajstić information content (AvgIpc) is 3.16. The van der Waals surface area contributed by atoms with Gasteiger partial charge in [-0.15, -0.1) is 0 Å². The molecule has 4 aromatic rings. The Balaban J connectivity index is 1.45. The highest BCUT2D eigenvalue weighted by molar-refractivity contribution is 5.98. The summed E-state index contributed by atoms with van der Waals surface area (Å²) < 4.78 is 0. The Morgan fingerprint density at radius 1 is 0.862 bits per heavy atom. The summed E-state index contributed by atoms with van der Waals surface area (Å²) in [7, 11) is 0. The number of nitrogens with zero attached hydrogens (tertiary/aromatic N) is 1. The molecule has 0 radical (unpaired) electrons. The van der Waals surface area contributed by atoms with Crippen LogP contribution in [0, 0.1) is 0 Å². The lowest BCUT2D eigenvalue weighted by atomic mass is 10.0. The van der Waals surface area contributed by atoms with Gasteiger partial charge >= 0.3 is 0 Å². The Labute approximate surface area is 173 Å². The summed E-state index contributed by atoms with van der Waals surface area (Å²) in [6.07, 6.45) is 5.11. The first-order chi connectivity index (χ1) is 14.2. The van der Waals surface area contributed by atoms with Crippen LogP contribution in [0.3, 0.4) is 0 Å². The molecule has 2 nitrogen and oxygen atoms in total. The van der Waals surface area contributed by atoms with Crippen LogP contribution in [0.1, 0.15) is 41.7 Å². The second-order valence-corrected chi connectivity index (χ2v) is 7.63. The SMILES string of the molecule is CCc1ccc2[nH]cc(CCN=C(C)c3cccc(Cc4ccccc4)c3)c2c1. The molecule has 1 heterocycles. The van der Waals surface area contributed by atoms with Crippen molar-refractivity contribution in [3.8, 4) is 0 Å². The molecule has 0 amide bonds. The fourth-order valence-corrected chi connectivity index (χ4v) is 3.83. The van der Waals surface area contributed by atoms with Crippen molar-refractivity contribution in [1.82, 2.24) is 4.98 Å². The lowest BCUT2D eigenvalue weighted by Gasteiger charge is -2.06. The van der Waals surface area contributed by atoms with Crippen LogP contribution in [-0.2, 0) is 19.3 Å². The number of aliphatic imine (C=N–C) groups is 1. The summed E-state index contributed by atoms with van der Waals surface area (Å²) in [5.74, 6) is 0. The van der Waals surface area contributed by atoms with E-state index in [9.17, 15) is 0 Å². The van der Waals surface area contributed by atoms with Crippen molar-refractivity contribution >= 4 is 16.6 Å². The lowest BCUT2D eigenvalue weighted by molar-refractivity contribution is 0.974. The molecule has 0 unspecified atom stereocenters. The second-order valence-electron chi connectivity index (χ2n) is 7.63. The van der Waals surface area contributed by atoms with Crippen molar-refractivity contribution < 1.29 is 0 Å². The minimum Gasteiger partial charge on any atom is -0.361 e. The number of aromatic amines is 1. The highest BCUT2D eigenvalue weighted by atomic mass is 14.7. The number of nitrogens with one attached hydrogen (secondary N) is 1. The van der Waals surface area contributed by atoms with Gasteiger partial charge in [0.2, 0.25) is 0 Å². The molecule has 4 rings (SSSR count). The maximum Gasteiger partial charge on any atom is 0.0456 e. The molecule has 0 saturated carbocycles. The van der Waals surface area contributed by atoms with Crippen molar-refractivity contribution in [1.29, 1.82) is 0 Å². The normalized spacial score (nSPS) is 11.9. The summed E-state index contributed by atoms with van der Waals surface area (Å²) in [6, 6.07) is 26.1. The largest absolute Gasteiger partial charge is 0.361 e. The van der Waals surface area contributed by atoms with E-state index in [2.05, 4.69) is 97.8 Å². The van der Waals surface area contributed by atoms with E-state index in [1.54, 1.807) is 0 Å². The van der Waals surface area contributed by atoms with Gasteiger partial charge in [0.15, 0.2) is 0 Å². The van der Waals surface area contributed by atoms with Gasteiger partial charge in [-0.2, -0.15) is 0 Å². The molecule has 0 spiro atoms. The fourth-order valence-electron chi connectivity index (χ4n) is 3.83. The third kappa shape index (κ3) is 4.65. The summed E-state index contributed by atoms with van der Waals surface area (Å²) in [5.41, 5.74) is 8.93. The quantitative estimate of drug-likeness (QED) is 0.361. The monoisotopic (exact) mass is 380 g/mol. The highest BCUT2D eigenvalue weighted by Crippen LogP contribution is 2.21. The molecule has 2 heteroatoms. The van der Waals surface area contributed by atoms with E-state index in [0.717, 1.165) is 31.5 Å². The van der Waals surface area contributed by atoms with E-state index in [0.29, 0.717) is 0 Å². The smallest absolute Gasteiger partial charge is 0.0456 e. The van der Waals surface area contributed by atoms with E-state index >= 15 is 0 Å². The Hall–Kier alpha value is -3.13. The van der Waals surface area contributed by atoms with Crippen molar-refractivity contribution in [3.05, 3.63) is 107 Å². The molecule has 1 N–H and O–H groups in total. The number of hydrogen-bond donors (Lipinski definition) is 1. The van der Waals surface area contributed by atoms with E-state index in [1.165, 1.54) is 38.7 Å². The number of hydrogen-bond acceptors (Lipinski definition) is 1. The standard InChI is InChI=1S/C27H28N2/c1-3-21-12-13-27-26(18-21)25(19-29-27)14-15-28-20(2)24-11-7-10-23(17-24)16-22-8-5-4-6-9-22/h4-13,17-19,29H,3,14-16H2,1-2H3. The number of aryl methyl sites for hydroxylation is 1. The second kappa shape index (κ2) is 8.91. The molecule has 3 aromatic carbocycles. The third-order valence-electron chi connectivity index (χ3n) is 5.57. The van der Waals surface area contributed by atoms with Gasteiger partial charge in [0.1, 0.15) is 0 Å². The van der Waals surface area contributed by atoms with Gasteiger partial charge in [0.05, 0.1) is 0 Å². The molecule has 146 valence electrons. The van der Waals surface area contributed by atoms with Gasteiger partial charge < -0.3 is 4.98 Å². The van der Waals surface area contributed by atoms with E-state index < -0.39 is 0 Å². The van der Waals surface area contributed by atoms with Crippen molar-refractivity contribution in [2.75, 3.05) is 6.54 Å². The van der Waals surface area contributed by atoms with Gasteiger partial charge in [-0.05, 0) is 72.2 Å². The molecule has 0 aliphatic carbocycles. The maximum absolute atomic E-state index is 4.87. The van der Waals surface area contributed by atoms with Crippen LogP contribution in [0.2, 0.25) is 0 Å². The van der Waals surface area contributed by atoms with Crippen LogP contribution in [-0.4, -0.2) is 17.2 Å². The number of H-pyrrole nitrogens is 1. The first-order valence-electron chi connectivity index (χ1n) is 10.5. The molecule has 0 saturated heterocycles. The predicted octanol–water partition coefficient (Wildman–Crippen LogP) is 6.37. The van der Waals surface area contributed by atoms with Gasteiger partial charge in [-0.3, -0.25) is 4.99 Å². The number of aromatic nitrogens is 1. The molecular formula is C27H28N2. The van der Waals surface area contributed by atoms with Gasteiger partial charge in [-0.25, -0.2) is 0 Å². The van der Waals surface area contributed by atoms with Gasteiger partial charge in [-0.1, -0.05) is 61.5 Å². The van der Waals surface area contributed by atoms with Crippen molar-refractivity contribution in [3.63, 3.8) is 0 Å². The molecular weight excluding hydrogens is 352 g/mol. The van der Waals surface area contributed by atoms with E-state index in [1.807, 2.05) is 0 Å². The molecule has 29 heavy (non-hydrogen) atoms. The summed E-state index contributed by atoms with van der Waals surface area (Å²) in [5, 5.41) is 1.34. The van der Waals surface area contributed by atoms with Crippen LogP contribution in [0.4, 0.5) is 0 Å². The van der Waals surface area contributed by atoms with Gasteiger partial charge in [0.25, 0.3) is 0 Å². The number of rotatable bonds is 7. The maximum atomic E-state index is 4.87. The zero-order valence-electron chi connectivity index (χ0n) is 17.3. The minimum atomic E-state index is 0.804. The van der Waals surface area contributed by atoms with Crippen LogP contribution in [0.25, 0.3) is 10.9 Å². The Kier molecular flexibility index (Phi) is 5.90. The van der Waals surface area contributed by atoms with Gasteiger partial charge in [0, 0.05) is 29.4 Å². The van der Waals surface area contributed by atoms with Crippen LogP contribution in [0.15, 0.2) is 84.0 Å². The van der Waals surface area contributed by atoms with E-state index in [-0.39, 0.29) is 0 Å². The molecule has 1 aromatic heterocycles. The first-order valence-corrected chi connectivity index (χ1v) is 10.5. The Bertz CT molecular complexity index is 1120. The van der Waals surface area contributed by atoms with Crippen molar-refractivity contribution in [2.24, 2.45) is 4.99 Å².